The van der Waals surface area contributed by atoms with Crippen LogP contribution >= 0.6 is 0 Å². The maximum atomic E-state index is 4.51. The topological polar surface area (TPSA) is 60.9 Å². The van der Waals surface area contributed by atoms with E-state index >= 15 is 0 Å². The van der Waals surface area contributed by atoms with Crippen molar-refractivity contribution < 1.29 is 0 Å². The molecule has 29 heavy (non-hydrogen) atoms. The molecule has 144 valence electrons. The summed E-state index contributed by atoms with van der Waals surface area (Å²) in [4.78, 5) is 16.6. The number of pyridine rings is 1. The molecule has 0 spiro atoms. The predicted octanol–water partition coefficient (Wildman–Crippen LogP) is 4.43. The molecular weight excluding hydrogens is 360 g/mol. The highest BCUT2D eigenvalue weighted by Gasteiger charge is 2.26. The van der Waals surface area contributed by atoms with Gasteiger partial charge in [-0.25, -0.2) is 5.01 Å². The second kappa shape index (κ2) is 7.14. The van der Waals surface area contributed by atoms with Crippen LogP contribution in [0.15, 0.2) is 67.4 Å². The van der Waals surface area contributed by atoms with Crippen molar-refractivity contribution >= 4 is 22.3 Å². The molecular formula is C23H22N6. The standard InChI is InChI=1S/C23H22N6/c1-3-28-11-7-23(22-15-25-9-10-26-22)29(28)18-4-5-20-17(12-18)13-21(27-20)19-14-24-8-6-16(19)2/h4-10,12-15,27H,3,11H2,1-2H3. The molecule has 0 amide bonds. The van der Waals surface area contributed by atoms with Crippen LogP contribution in [0.3, 0.4) is 0 Å². The quantitative estimate of drug-likeness (QED) is 0.566. The van der Waals surface area contributed by atoms with Crippen LogP contribution in [0, 0.1) is 6.92 Å². The van der Waals surface area contributed by atoms with Gasteiger partial charge in [-0.05, 0) is 48.9 Å². The summed E-state index contributed by atoms with van der Waals surface area (Å²) in [6, 6.07) is 10.7. The fraction of sp³-hybridized carbons (Fsp3) is 0.174. The van der Waals surface area contributed by atoms with E-state index in [9.17, 15) is 0 Å². The number of H-pyrrole nitrogens is 1. The molecule has 0 bridgehead atoms. The minimum Gasteiger partial charge on any atom is -0.354 e. The number of aromatic nitrogens is 4. The monoisotopic (exact) mass is 382 g/mol. The van der Waals surface area contributed by atoms with Crippen LogP contribution in [-0.4, -0.2) is 38.0 Å². The van der Waals surface area contributed by atoms with E-state index in [-0.39, 0.29) is 0 Å². The van der Waals surface area contributed by atoms with Gasteiger partial charge in [-0.15, -0.1) is 0 Å². The predicted molar refractivity (Wildman–Crippen MR) is 116 cm³/mol. The Morgan fingerprint density at radius 2 is 1.93 bits per heavy atom. The summed E-state index contributed by atoms with van der Waals surface area (Å²) >= 11 is 0. The Hall–Kier alpha value is -3.51. The Labute approximate surface area is 169 Å². The van der Waals surface area contributed by atoms with Gasteiger partial charge in [-0.2, -0.15) is 0 Å². The summed E-state index contributed by atoms with van der Waals surface area (Å²) in [5.41, 5.74) is 7.59. The zero-order valence-electron chi connectivity index (χ0n) is 16.5. The highest BCUT2D eigenvalue weighted by Crippen LogP contribution is 2.34. The highest BCUT2D eigenvalue weighted by atomic mass is 15.6. The SMILES string of the molecule is CCN1CC=C(c2cnccn2)N1c1ccc2[nH]c(-c3cnccc3C)cc2c1. The largest absolute Gasteiger partial charge is 0.354 e. The molecule has 0 fully saturated rings. The van der Waals surface area contributed by atoms with E-state index < -0.39 is 0 Å². The van der Waals surface area contributed by atoms with Crippen LogP contribution in [0.4, 0.5) is 5.69 Å². The first-order valence-corrected chi connectivity index (χ1v) is 9.80. The van der Waals surface area contributed by atoms with E-state index in [1.807, 2.05) is 24.7 Å². The third kappa shape index (κ3) is 3.07. The van der Waals surface area contributed by atoms with Crippen molar-refractivity contribution in [2.24, 2.45) is 0 Å². The number of likely N-dealkylation sites (N-methyl/N-ethyl adjacent to an activating group) is 1. The van der Waals surface area contributed by atoms with Gasteiger partial charge in [0.2, 0.25) is 0 Å². The van der Waals surface area contributed by atoms with Gasteiger partial charge in [-0.3, -0.25) is 20.0 Å². The molecule has 5 rings (SSSR count). The molecule has 0 atom stereocenters. The molecule has 0 saturated carbocycles. The van der Waals surface area contributed by atoms with Crippen molar-refractivity contribution in [3.8, 4) is 11.3 Å². The molecule has 4 heterocycles. The number of rotatable bonds is 4. The smallest absolute Gasteiger partial charge is 0.106 e. The number of aromatic amines is 1. The molecule has 1 N–H and O–H groups in total. The Bertz CT molecular complexity index is 1190. The zero-order chi connectivity index (χ0) is 19.8. The van der Waals surface area contributed by atoms with Crippen LogP contribution in [0.25, 0.3) is 27.9 Å². The molecule has 0 radical (unpaired) electrons. The first kappa shape index (κ1) is 17.6. The molecule has 1 aromatic carbocycles. The first-order chi connectivity index (χ1) is 14.2. The Morgan fingerprint density at radius 1 is 1.03 bits per heavy atom. The lowest BCUT2D eigenvalue weighted by molar-refractivity contribution is 0.344. The van der Waals surface area contributed by atoms with Gasteiger partial charge in [0.1, 0.15) is 5.69 Å². The fourth-order valence-electron chi connectivity index (χ4n) is 3.87. The lowest BCUT2D eigenvalue weighted by Gasteiger charge is -2.31. The number of nitrogens with zero attached hydrogens (tertiary/aromatic N) is 5. The Kier molecular flexibility index (Phi) is 4.33. The Balaban J connectivity index is 1.57. The van der Waals surface area contributed by atoms with Gasteiger partial charge < -0.3 is 4.98 Å². The summed E-state index contributed by atoms with van der Waals surface area (Å²) in [5.74, 6) is 0. The molecule has 1 aliphatic rings. The minimum atomic E-state index is 0.855. The zero-order valence-corrected chi connectivity index (χ0v) is 16.5. The molecule has 0 saturated heterocycles. The molecule has 3 aromatic heterocycles. The number of anilines is 1. The van der Waals surface area contributed by atoms with Crippen LogP contribution in [0.1, 0.15) is 18.2 Å². The summed E-state index contributed by atoms with van der Waals surface area (Å²) in [7, 11) is 0. The third-order valence-corrected chi connectivity index (χ3v) is 5.38. The first-order valence-electron chi connectivity index (χ1n) is 9.80. The van der Waals surface area contributed by atoms with Crippen LogP contribution in [0.5, 0.6) is 0 Å². The maximum absolute atomic E-state index is 4.51. The van der Waals surface area contributed by atoms with Crippen molar-refractivity contribution in [2.45, 2.75) is 13.8 Å². The van der Waals surface area contributed by atoms with E-state index in [0.717, 1.165) is 46.9 Å². The average molecular weight is 382 g/mol. The summed E-state index contributed by atoms with van der Waals surface area (Å²) in [5, 5.41) is 5.71. The Morgan fingerprint density at radius 3 is 2.72 bits per heavy atom. The molecule has 6 heteroatoms. The van der Waals surface area contributed by atoms with E-state index in [4.69, 9.17) is 0 Å². The van der Waals surface area contributed by atoms with Crippen LogP contribution in [0.2, 0.25) is 0 Å². The second-order valence-electron chi connectivity index (χ2n) is 7.14. The van der Waals surface area contributed by atoms with Gasteiger partial charge >= 0.3 is 0 Å². The number of nitrogens with one attached hydrogen (secondary N) is 1. The molecule has 1 aliphatic heterocycles. The van der Waals surface area contributed by atoms with E-state index in [0.29, 0.717) is 0 Å². The molecule has 0 aliphatic carbocycles. The highest BCUT2D eigenvalue weighted by molar-refractivity contribution is 5.91. The van der Waals surface area contributed by atoms with Crippen LogP contribution in [-0.2, 0) is 0 Å². The summed E-state index contributed by atoms with van der Waals surface area (Å²) in [6.45, 7) is 6.03. The number of aryl methyl sites for hydroxylation is 1. The normalized spacial score (nSPS) is 14.6. The fourth-order valence-corrected chi connectivity index (χ4v) is 3.87. The summed E-state index contributed by atoms with van der Waals surface area (Å²) < 4.78 is 0. The van der Waals surface area contributed by atoms with Gasteiger partial charge in [0.05, 0.1) is 17.6 Å². The van der Waals surface area contributed by atoms with Gasteiger partial charge in [0.15, 0.2) is 0 Å². The van der Waals surface area contributed by atoms with Gasteiger partial charge in [0, 0.05) is 60.0 Å². The van der Waals surface area contributed by atoms with Crippen molar-refractivity contribution in [3.05, 3.63) is 78.6 Å². The van der Waals surface area contributed by atoms with Crippen molar-refractivity contribution in [2.75, 3.05) is 18.1 Å². The number of hydrogen-bond acceptors (Lipinski definition) is 5. The minimum absolute atomic E-state index is 0.855. The second-order valence-corrected chi connectivity index (χ2v) is 7.14. The lowest BCUT2D eigenvalue weighted by atomic mass is 10.1. The molecule has 6 nitrogen and oxygen atoms in total. The number of fused-ring (bicyclic) bond motifs is 1. The molecule has 0 unspecified atom stereocenters. The number of hydrazine groups is 1. The number of hydrogen-bond donors (Lipinski definition) is 1. The van der Waals surface area contributed by atoms with Crippen LogP contribution < -0.4 is 5.01 Å². The van der Waals surface area contributed by atoms with Gasteiger partial charge in [-0.1, -0.05) is 6.92 Å². The van der Waals surface area contributed by atoms with E-state index in [1.165, 1.54) is 10.9 Å². The lowest BCUT2D eigenvalue weighted by Crippen LogP contribution is -2.37. The molecule has 4 aromatic rings. The summed E-state index contributed by atoms with van der Waals surface area (Å²) in [6.07, 6.45) is 11.2. The van der Waals surface area contributed by atoms with Crippen molar-refractivity contribution in [1.82, 2.24) is 24.9 Å². The van der Waals surface area contributed by atoms with Crippen molar-refractivity contribution in [1.29, 1.82) is 0 Å². The maximum Gasteiger partial charge on any atom is 0.106 e. The number of benzene rings is 1. The third-order valence-electron chi connectivity index (χ3n) is 5.38. The van der Waals surface area contributed by atoms with Crippen molar-refractivity contribution in [3.63, 3.8) is 0 Å². The van der Waals surface area contributed by atoms with E-state index in [2.05, 4.69) is 74.1 Å². The van der Waals surface area contributed by atoms with E-state index in [1.54, 1.807) is 12.4 Å². The average Bonchev–Trinajstić information content (AvgIpc) is 3.38. The van der Waals surface area contributed by atoms with Gasteiger partial charge in [0.25, 0.3) is 0 Å².